The van der Waals surface area contributed by atoms with E-state index in [1.165, 1.54) is 11.3 Å². The Morgan fingerprint density at radius 3 is 2.75 bits per heavy atom. The molecule has 152 valence electrons. The normalized spacial score (nSPS) is 11.8. The fraction of sp³-hybridized carbons (Fsp3) is 0. The third-order valence-corrected chi connectivity index (χ3v) is 7.20. The van der Waals surface area contributed by atoms with Crippen LogP contribution in [0.3, 0.4) is 0 Å². The van der Waals surface area contributed by atoms with Crippen molar-refractivity contribution in [3.05, 3.63) is 78.2 Å². The summed E-state index contributed by atoms with van der Waals surface area (Å²) in [7, 11) is 0. The fourth-order valence-corrected chi connectivity index (χ4v) is 5.45. The van der Waals surface area contributed by atoms with Crippen LogP contribution >= 0.6 is 22.7 Å². The number of rotatable bonds is 3. The van der Waals surface area contributed by atoms with Crippen molar-refractivity contribution in [3.63, 3.8) is 0 Å². The first-order valence-corrected chi connectivity index (χ1v) is 11.7. The minimum absolute atomic E-state index is 0.594. The quantitative estimate of drug-likeness (QED) is 0.305. The standard InChI is InChI=1S/C24H13N5OS2/c1-2-8-19-14(5-1)13-20(30-19)22-26-27-24-29(22)28-23(32-24)16-6-3-7-17-15(16)10-11-18(25-17)21-9-4-12-31-21/h1-13H. The van der Waals surface area contributed by atoms with Gasteiger partial charge in [0.05, 0.1) is 16.1 Å². The number of hydrogen-bond acceptors (Lipinski definition) is 7. The maximum atomic E-state index is 5.99. The van der Waals surface area contributed by atoms with Gasteiger partial charge < -0.3 is 4.42 Å². The fourth-order valence-electron chi connectivity index (χ4n) is 3.87. The number of thiophene rings is 1. The summed E-state index contributed by atoms with van der Waals surface area (Å²) in [5.41, 5.74) is 3.77. The lowest BCUT2D eigenvalue weighted by atomic mass is 10.1. The third kappa shape index (κ3) is 2.70. The van der Waals surface area contributed by atoms with E-state index < -0.39 is 0 Å². The lowest BCUT2D eigenvalue weighted by Gasteiger charge is -2.05. The number of hydrogen-bond donors (Lipinski definition) is 0. The SMILES string of the molecule is c1csc(-c2ccc3c(-c4nn5c(-c6cc7ccccc7o6)nnc5s4)cccc3n2)c1. The zero-order chi connectivity index (χ0) is 21.1. The molecule has 0 radical (unpaired) electrons. The van der Waals surface area contributed by atoms with Crippen LogP contribution in [-0.4, -0.2) is 24.8 Å². The number of furan rings is 1. The minimum atomic E-state index is 0.594. The maximum Gasteiger partial charge on any atom is 0.235 e. The highest BCUT2D eigenvalue weighted by Gasteiger charge is 2.19. The van der Waals surface area contributed by atoms with E-state index in [0.717, 1.165) is 48.0 Å². The van der Waals surface area contributed by atoms with E-state index in [9.17, 15) is 0 Å². The van der Waals surface area contributed by atoms with Crippen LogP contribution in [0.15, 0.2) is 82.6 Å². The molecule has 8 heteroatoms. The van der Waals surface area contributed by atoms with Crippen LogP contribution in [0.1, 0.15) is 0 Å². The van der Waals surface area contributed by atoms with Gasteiger partial charge in [0.25, 0.3) is 0 Å². The molecule has 6 nitrogen and oxygen atoms in total. The molecule has 0 bridgehead atoms. The monoisotopic (exact) mass is 451 g/mol. The summed E-state index contributed by atoms with van der Waals surface area (Å²) in [6.07, 6.45) is 0. The van der Waals surface area contributed by atoms with Gasteiger partial charge in [0.2, 0.25) is 10.8 Å². The molecule has 5 heterocycles. The van der Waals surface area contributed by atoms with Crippen molar-refractivity contribution in [1.29, 1.82) is 0 Å². The van der Waals surface area contributed by atoms with Gasteiger partial charge in [-0.05, 0) is 41.8 Å². The van der Waals surface area contributed by atoms with E-state index in [2.05, 4.69) is 39.8 Å². The van der Waals surface area contributed by atoms with Gasteiger partial charge in [-0.2, -0.15) is 9.61 Å². The molecule has 0 unspecified atom stereocenters. The van der Waals surface area contributed by atoms with Crippen LogP contribution in [0.2, 0.25) is 0 Å². The van der Waals surface area contributed by atoms with Gasteiger partial charge in [-0.3, -0.25) is 0 Å². The molecule has 0 aliphatic carbocycles. The Morgan fingerprint density at radius 1 is 0.875 bits per heavy atom. The van der Waals surface area contributed by atoms with Crippen LogP contribution in [-0.2, 0) is 0 Å². The van der Waals surface area contributed by atoms with Gasteiger partial charge >= 0.3 is 0 Å². The maximum absolute atomic E-state index is 5.99. The van der Waals surface area contributed by atoms with Crippen LogP contribution < -0.4 is 0 Å². The average Bonchev–Trinajstić information content (AvgIpc) is 3.61. The average molecular weight is 452 g/mol. The van der Waals surface area contributed by atoms with Crippen LogP contribution in [0.5, 0.6) is 0 Å². The van der Waals surface area contributed by atoms with Crippen LogP contribution in [0, 0.1) is 0 Å². The molecule has 0 aliphatic rings. The summed E-state index contributed by atoms with van der Waals surface area (Å²) in [5, 5.41) is 18.5. The Morgan fingerprint density at radius 2 is 1.84 bits per heavy atom. The summed E-state index contributed by atoms with van der Waals surface area (Å²) in [5.74, 6) is 1.24. The van der Waals surface area contributed by atoms with Crippen molar-refractivity contribution in [3.8, 4) is 32.7 Å². The molecule has 0 fully saturated rings. The van der Waals surface area contributed by atoms with Crippen molar-refractivity contribution < 1.29 is 4.42 Å². The van der Waals surface area contributed by atoms with Crippen LogP contribution in [0.25, 0.3) is 59.6 Å². The number of fused-ring (bicyclic) bond motifs is 3. The van der Waals surface area contributed by atoms with Gasteiger partial charge in [-0.1, -0.05) is 47.7 Å². The second-order valence-corrected chi connectivity index (χ2v) is 9.22. The van der Waals surface area contributed by atoms with Gasteiger partial charge in [0.15, 0.2) is 5.76 Å². The number of benzene rings is 2. The van der Waals surface area contributed by atoms with E-state index in [-0.39, 0.29) is 0 Å². The summed E-state index contributed by atoms with van der Waals surface area (Å²) < 4.78 is 7.74. The Kier molecular flexibility index (Phi) is 3.78. The molecule has 0 saturated carbocycles. The Balaban J connectivity index is 1.36. The second-order valence-electron chi connectivity index (χ2n) is 7.32. The van der Waals surface area contributed by atoms with Crippen molar-refractivity contribution in [2.75, 3.05) is 0 Å². The number of para-hydroxylation sites is 1. The van der Waals surface area contributed by atoms with E-state index in [1.807, 2.05) is 48.5 Å². The van der Waals surface area contributed by atoms with E-state index in [0.29, 0.717) is 11.6 Å². The highest BCUT2D eigenvalue weighted by atomic mass is 32.1. The highest BCUT2D eigenvalue weighted by Crippen LogP contribution is 2.35. The first-order valence-electron chi connectivity index (χ1n) is 9.99. The molecular formula is C24H13N5OS2. The second kappa shape index (κ2) is 6.81. The van der Waals surface area contributed by atoms with Gasteiger partial charge in [0.1, 0.15) is 10.6 Å². The molecule has 7 rings (SSSR count). The van der Waals surface area contributed by atoms with E-state index >= 15 is 0 Å². The van der Waals surface area contributed by atoms with Crippen molar-refractivity contribution in [2.24, 2.45) is 0 Å². The molecule has 0 atom stereocenters. The molecular weight excluding hydrogens is 438 g/mol. The lowest BCUT2D eigenvalue weighted by Crippen LogP contribution is -1.91. The van der Waals surface area contributed by atoms with Crippen molar-refractivity contribution in [2.45, 2.75) is 0 Å². The van der Waals surface area contributed by atoms with Gasteiger partial charge in [0, 0.05) is 16.3 Å². The highest BCUT2D eigenvalue weighted by molar-refractivity contribution is 7.20. The molecule has 32 heavy (non-hydrogen) atoms. The topological polar surface area (TPSA) is 69.1 Å². The van der Waals surface area contributed by atoms with E-state index in [1.54, 1.807) is 15.9 Å². The molecule has 0 amide bonds. The molecule has 0 N–H and O–H groups in total. The van der Waals surface area contributed by atoms with Crippen molar-refractivity contribution >= 4 is 49.5 Å². The molecule has 7 aromatic rings. The lowest BCUT2D eigenvalue weighted by molar-refractivity contribution is 0.622. The zero-order valence-electron chi connectivity index (χ0n) is 16.5. The molecule has 5 aromatic heterocycles. The smallest absolute Gasteiger partial charge is 0.235 e. The van der Waals surface area contributed by atoms with Crippen LogP contribution in [0.4, 0.5) is 0 Å². The Labute approximate surface area is 189 Å². The van der Waals surface area contributed by atoms with Gasteiger partial charge in [-0.15, -0.1) is 21.5 Å². The number of pyridine rings is 1. The summed E-state index contributed by atoms with van der Waals surface area (Å²) >= 11 is 3.19. The summed E-state index contributed by atoms with van der Waals surface area (Å²) in [6.45, 7) is 0. The molecule has 0 spiro atoms. The summed E-state index contributed by atoms with van der Waals surface area (Å²) in [6, 6.07) is 24.3. The predicted molar refractivity (Wildman–Crippen MR) is 128 cm³/mol. The van der Waals surface area contributed by atoms with E-state index in [4.69, 9.17) is 14.5 Å². The summed E-state index contributed by atoms with van der Waals surface area (Å²) in [4.78, 5) is 6.75. The molecule has 2 aromatic carbocycles. The first kappa shape index (κ1) is 17.8. The largest absolute Gasteiger partial charge is 0.453 e. The Bertz CT molecular complexity index is 1710. The number of aromatic nitrogens is 5. The van der Waals surface area contributed by atoms with Crippen molar-refractivity contribution in [1.82, 2.24) is 24.8 Å². The Hall–Kier alpha value is -3.88. The molecule has 0 saturated heterocycles. The number of nitrogens with zero attached hydrogens (tertiary/aromatic N) is 5. The first-order chi connectivity index (χ1) is 15.8. The molecule has 0 aliphatic heterocycles. The van der Waals surface area contributed by atoms with Gasteiger partial charge in [-0.25, -0.2) is 4.98 Å². The third-order valence-electron chi connectivity index (χ3n) is 5.37. The minimum Gasteiger partial charge on any atom is -0.453 e. The predicted octanol–water partition coefficient (Wildman–Crippen LogP) is 6.54. The zero-order valence-corrected chi connectivity index (χ0v) is 18.1.